The molecule has 0 aliphatic heterocycles. The van der Waals surface area contributed by atoms with Crippen LogP contribution in [-0.2, 0) is 0 Å². The number of rotatable bonds is 4. The second-order valence-corrected chi connectivity index (χ2v) is 4.07. The van der Waals surface area contributed by atoms with Crippen molar-refractivity contribution in [3.05, 3.63) is 23.4 Å². The molecule has 0 aliphatic rings. The lowest BCUT2D eigenvalue weighted by molar-refractivity contribution is 0.894. The van der Waals surface area contributed by atoms with Gasteiger partial charge in [-0.2, -0.15) is 0 Å². The zero-order chi connectivity index (χ0) is 8.81. The second-order valence-electron chi connectivity index (χ2n) is 2.51. The van der Waals surface area contributed by atoms with Crippen molar-refractivity contribution in [1.29, 1.82) is 0 Å². The van der Waals surface area contributed by atoms with Crippen LogP contribution in [0.2, 0.25) is 5.02 Å². The van der Waals surface area contributed by atoms with Gasteiger partial charge in [0.2, 0.25) is 0 Å². The lowest BCUT2D eigenvalue weighted by Crippen LogP contribution is -1.81. The van der Waals surface area contributed by atoms with Crippen LogP contribution >= 0.6 is 23.4 Å². The third-order valence-corrected chi connectivity index (χ3v) is 2.69. The van der Waals surface area contributed by atoms with E-state index in [2.05, 4.69) is 11.9 Å². The fourth-order valence-electron chi connectivity index (χ4n) is 0.785. The molecule has 0 saturated carbocycles. The molecule has 1 aromatic heterocycles. The predicted molar refractivity (Wildman–Crippen MR) is 54.9 cm³/mol. The third kappa shape index (κ3) is 3.46. The second kappa shape index (κ2) is 5.44. The average molecular weight is 202 g/mol. The Labute approximate surface area is 82.5 Å². The number of aromatic nitrogens is 1. The predicted octanol–water partition coefficient (Wildman–Crippen LogP) is 3.63. The first-order chi connectivity index (χ1) is 5.83. The molecule has 0 unspecified atom stereocenters. The lowest BCUT2D eigenvalue weighted by atomic mass is 10.4. The highest BCUT2D eigenvalue weighted by molar-refractivity contribution is 7.99. The van der Waals surface area contributed by atoms with Crippen LogP contribution in [0, 0.1) is 0 Å². The topological polar surface area (TPSA) is 12.9 Å². The van der Waals surface area contributed by atoms with E-state index < -0.39 is 0 Å². The molecular weight excluding hydrogens is 190 g/mol. The Kier molecular flexibility index (Phi) is 4.48. The fourth-order valence-corrected chi connectivity index (χ4v) is 2.00. The minimum atomic E-state index is 0.768. The number of unbranched alkanes of at least 4 members (excludes halogenated alkanes) is 1. The van der Waals surface area contributed by atoms with E-state index in [9.17, 15) is 0 Å². The Balaban J connectivity index is 2.41. The molecule has 0 fully saturated rings. The van der Waals surface area contributed by atoms with Crippen LogP contribution in [0.25, 0.3) is 0 Å². The highest BCUT2D eigenvalue weighted by Gasteiger charge is 1.95. The summed E-state index contributed by atoms with van der Waals surface area (Å²) in [6.45, 7) is 2.19. The minimum Gasteiger partial charge on any atom is -0.250 e. The van der Waals surface area contributed by atoms with Crippen molar-refractivity contribution in [3.63, 3.8) is 0 Å². The van der Waals surface area contributed by atoms with E-state index in [0.29, 0.717) is 0 Å². The molecule has 1 nitrogen and oxygen atoms in total. The highest BCUT2D eigenvalue weighted by Crippen LogP contribution is 2.19. The summed E-state index contributed by atoms with van der Waals surface area (Å²) in [6, 6.07) is 3.70. The Morgan fingerprint density at radius 1 is 1.58 bits per heavy atom. The monoisotopic (exact) mass is 201 g/mol. The molecule has 12 heavy (non-hydrogen) atoms. The van der Waals surface area contributed by atoms with Gasteiger partial charge in [0.25, 0.3) is 0 Å². The van der Waals surface area contributed by atoms with E-state index in [4.69, 9.17) is 11.6 Å². The smallest absolute Gasteiger partial charge is 0.0974 e. The van der Waals surface area contributed by atoms with Crippen LogP contribution in [-0.4, -0.2) is 10.7 Å². The van der Waals surface area contributed by atoms with Crippen LogP contribution in [0.15, 0.2) is 23.4 Å². The molecule has 0 saturated heterocycles. The van der Waals surface area contributed by atoms with Crippen LogP contribution in [0.5, 0.6) is 0 Å². The molecule has 0 aromatic carbocycles. The zero-order valence-electron chi connectivity index (χ0n) is 7.09. The van der Waals surface area contributed by atoms with Crippen molar-refractivity contribution in [3.8, 4) is 0 Å². The molecule has 0 aliphatic carbocycles. The molecule has 1 aromatic rings. The lowest BCUT2D eigenvalue weighted by Gasteiger charge is -1.98. The maximum absolute atomic E-state index is 5.80. The third-order valence-electron chi connectivity index (χ3n) is 1.44. The van der Waals surface area contributed by atoms with Crippen molar-refractivity contribution in [2.45, 2.75) is 24.8 Å². The van der Waals surface area contributed by atoms with E-state index >= 15 is 0 Å². The summed E-state index contributed by atoms with van der Waals surface area (Å²) in [6.07, 6.45) is 4.21. The SMILES string of the molecule is CCCCSc1cc(Cl)ccn1. The molecule has 0 atom stereocenters. The van der Waals surface area contributed by atoms with Gasteiger partial charge in [0.15, 0.2) is 0 Å². The maximum Gasteiger partial charge on any atom is 0.0974 e. The van der Waals surface area contributed by atoms with Crippen LogP contribution in [0.1, 0.15) is 19.8 Å². The Morgan fingerprint density at radius 3 is 3.08 bits per heavy atom. The van der Waals surface area contributed by atoms with Crippen LogP contribution in [0.3, 0.4) is 0 Å². The van der Waals surface area contributed by atoms with Gasteiger partial charge in [0.05, 0.1) is 5.03 Å². The van der Waals surface area contributed by atoms with Gasteiger partial charge < -0.3 is 0 Å². The summed E-state index contributed by atoms with van der Waals surface area (Å²) in [5, 5.41) is 1.79. The number of halogens is 1. The van der Waals surface area contributed by atoms with E-state index in [1.54, 1.807) is 24.0 Å². The molecule has 0 amide bonds. The summed E-state index contributed by atoms with van der Waals surface area (Å²) in [7, 11) is 0. The fraction of sp³-hybridized carbons (Fsp3) is 0.444. The van der Waals surface area contributed by atoms with Gasteiger partial charge in [0, 0.05) is 11.2 Å². The van der Waals surface area contributed by atoms with Gasteiger partial charge in [-0.25, -0.2) is 4.98 Å². The largest absolute Gasteiger partial charge is 0.250 e. The van der Waals surface area contributed by atoms with E-state index in [0.717, 1.165) is 15.8 Å². The zero-order valence-corrected chi connectivity index (χ0v) is 8.66. The van der Waals surface area contributed by atoms with Crippen LogP contribution < -0.4 is 0 Å². The number of thioether (sulfide) groups is 1. The van der Waals surface area contributed by atoms with Crippen molar-refractivity contribution in [2.75, 3.05) is 5.75 Å². The Hall–Kier alpha value is -0.210. The van der Waals surface area contributed by atoms with Gasteiger partial charge in [-0.15, -0.1) is 11.8 Å². The van der Waals surface area contributed by atoms with Gasteiger partial charge in [0.1, 0.15) is 0 Å². The normalized spacial score (nSPS) is 10.2. The molecule has 0 spiro atoms. The average Bonchev–Trinajstić information content (AvgIpc) is 2.05. The van der Waals surface area contributed by atoms with Crippen molar-refractivity contribution in [2.24, 2.45) is 0 Å². The molecule has 66 valence electrons. The summed E-state index contributed by atoms with van der Waals surface area (Å²) in [5.74, 6) is 1.13. The summed E-state index contributed by atoms with van der Waals surface area (Å²) < 4.78 is 0. The highest BCUT2D eigenvalue weighted by atomic mass is 35.5. The number of hydrogen-bond acceptors (Lipinski definition) is 2. The van der Waals surface area contributed by atoms with Gasteiger partial charge in [-0.1, -0.05) is 24.9 Å². The molecule has 0 radical (unpaired) electrons. The van der Waals surface area contributed by atoms with E-state index in [-0.39, 0.29) is 0 Å². The van der Waals surface area contributed by atoms with Crippen molar-refractivity contribution in [1.82, 2.24) is 4.98 Å². The quantitative estimate of drug-likeness (QED) is 0.545. The van der Waals surface area contributed by atoms with E-state index in [1.165, 1.54) is 12.8 Å². The molecule has 1 rings (SSSR count). The first-order valence-electron chi connectivity index (χ1n) is 4.07. The minimum absolute atomic E-state index is 0.768. The summed E-state index contributed by atoms with van der Waals surface area (Å²) in [4.78, 5) is 4.19. The number of nitrogens with zero attached hydrogens (tertiary/aromatic N) is 1. The van der Waals surface area contributed by atoms with Gasteiger partial charge in [-0.3, -0.25) is 0 Å². The Morgan fingerprint density at radius 2 is 2.42 bits per heavy atom. The van der Waals surface area contributed by atoms with Gasteiger partial charge in [-0.05, 0) is 24.3 Å². The van der Waals surface area contributed by atoms with Crippen molar-refractivity contribution < 1.29 is 0 Å². The molecule has 3 heteroatoms. The van der Waals surface area contributed by atoms with Gasteiger partial charge >= 0.3 is 0 Å². The molecular formula is C9H12ClNS. The first-order valence-corrected chi connectivity index (χ1v) is 5.43. The van der Waals surface area contributed by atoms with E-state index in [1.807, 2.05) is 6.07 Å². The van der Waals surface area contributed by atoms with Crippen molar-refractivity contribution >= 4 is 23.4 Å². The number of pyridine rings is 1. The molecule has 0 bridgehead atoms. The molecule has 0 N–H and O–H groups in total. The summed E-state index contributed by atoms with van der Waals surface area (Å²) >= 11 is 7.57. The molecule has 1 heterocycles. The number of hydrogen-bond donors (Lipinski definition) is 0. The first kappa shape index (κ1) is 9.87. The summed E-state index contributed by atoms with van der Waals surface area (Å²) in [5.41, 5.74) is 0. The standard InChI is InChI=1S/C9H12ClNS/c1-2-3-6-12-9-7-8(10)4-5-11-9/h4-5,7H,2-3,6H2,1H3. The Bertz CT molecular complexity index is 240. The maximum atomic E-state index is 5.80. The van der Waals surface area contributed by atoms with Crippen LogP contribution in [0.4, 0.5) is 0 Å².